The molecule has 0 radical (unpaired) electrons. The van der Waals surface area contributed by atoms with Crippen LogP contribution in [-0.4, -0.2) is 39.4 Å². The highest BCUT2D eigenvalue weighted by atomic mass is 16.3. The predicted molar refractivity (Wildman–Crippen MR) is 62.4 cm³/mol. The maximum Gasteiger partial charge on any atom is 0.225 e. The number of aromatic nitrogens is 2. The van der Waals surface area contributed by atoms with Crippen LogP contribution in [0.5, 0.6) is 0 Å². The Labute approximate surface area is 100 Å². The first-order valence-corrected chi connectivity index (χ1v) is 6.12. The summed E-state index contributed by atoms with van der Waals surface area (Å²) in [5.74, 6) is 1.69. The second kappa shape index (κ2) is 4.23. The maximum atomic E-state index is 9.85. The molecule has 3 rings (SSSR count). The lowest BCUT2D eigenvalue weighted by atomic mass is 10.00. The molecule has 1 saturated heterocycles. The predicted octanol–water partition coefficient (Wildman–Crippen LogP) is 0.176. The number of fused-ring (bicyclic) bond motifs is 1. The van der Waals surface area contributed by atoms with Gasteiger partial charge in [0, 0.05) is 37.0 Å². The third-order valence-electron chi connectivity index (χ3n) is 3.98. The zero-order valence-corrected chi connectivity index (χ0v) is 9.66. The van der Waals surface area contributed by atoms with Crippen LogP contribution in [0.2, 0.25) is 0 Å². The zero-order valence-electron chi connectivity index (χ0n) is 9.66. The third-order valence-corrected chi connectivity index (χ3v) is 3.98. The van der Waals surface area contributed by atoms with E-state index in [1.165, 1.54) is 0 Å². The number of hydrogen-bond donors (Lipinski definition) is 2. The van der Waals surface area contributed by atoms with Gasteiger partial charge in [0.05, 0.1) is 12.7 Å². The molecule has 0 aromatic carbocycles. The van der Waals surface area contributed by atoms with Gasteiger partial charge in [-0.3, -0.25) is 0 Å². The van der Waals surface area contributed by atoms with E-state index in [0.717, 1.165) is 31.5 Å². The van der Waals surface area contributed by atoms with Crippen molar-refractivity contribution in [3.05, 3.63) is 18.0 Å². The summed E-state index contributed by atoms with van der Waals surface area (Å²) in [6.07, 6.45) is 5.21. The summed E-state index contributed by atoms with van der Waals surface area (Å²) < 4.78 is 0. The lowest BCUT2D eigenvalue weighted by molar-refractivity contribution is 0.133. The fourth-order valence-electron chi connectivity index (χ4n) is 2.99. The van der Waals surface area contributed by atoms with Gasteiger partial charge >= 0.3 is 0 Å². The van der Waals surface area contributed by atoms with Crippen molar-refractivity contribution in [2.24, 2.45) is 11.8 Å². The van der Waals surface area contributed by atoms with E-state index >= 15 is 0 Å². The van der Waals surface area contributed by atoms with Crippen LogP contribution in [0.15, 0.2) is 12.4 Å². The summed E-state index contributed by atoms with van der Waals surface area (Å²) in [6, 6.07) is 0. The van der Waals surface area contributed by atoms with E-state index in [9.17, 15) is 5.11 Å². The number of nitrogens with zero attached hydrogens (tertiary/aromatic N) is 3. The van der Waals surface area contributed by atoms with Crippen LogP contribution in [-0.2, 0) is 6.61 Å². The molecule has 92 valence electrons. The van der Waals surface area contributed by atoms with Crippen molar-refractivity contribution in [1.82, 2.24) is 9.97 Å². The molecule has 5 heteroatoms. The lowest BCUT2D eigenvalue weighted by Crippen LogP contribution is -2.25. The molecule has 2 fully saturated rings. The molecular formula is C12H17N3O2. The minimum atomic E-state index is -0.151. The normalized spacial score (nSPS) is 31.9. The molecule has 1 saturated carbocycles. The molecule has 0 spiro atoms. The van der Waals surface area contributed by atoms with E-state index in [2.05, 4.69) is 14.9 Å². The Balaban J connectivity index is 1.73. The Morgan fingerprint density at radius 1 is 1.24 bits per heavy atom. The molecule has 3 atom stereocenters. The number of rotatable bonds is 2. The van der Waals surface area contributed by atoms with E-state index in [0.29, 0.717) is 17.8 Å². The van der Waals surface area contributed by atoms with Crippen LogP contribution < -0.4 is 4.90 Å². The van der Waals surface area contributed by atoms with Crippen molar-refractivity contribution in [2.45, 2.75) is 25.6 Å². The Morgan fingerprint density at radius 3 is 2.65 bits per heavy atom. The average Bonchev–Trinajstić information content (AvgIpc) is 2.92. The van der Waals surface area contributed by atoms with Gasteiger partial charge in [-0.15, -0.1) is 0 Å². The van der Waals surface area contributed by atoms with Gasteiger partial charge in [0.1, 0.15) is 0 Å². The fourth-order valence-corrected chi connectivity index (χ4v) is 2.99. The molecule has 5 nitrogen and oxygen atoms in total. The molecule has 0 bridgehead atoms. The van der Waals surface area contributed by atoms with Gasteiger partial charge in [0.15, 0.2) is 0 Å². The first-order chi connectivity index (χ1) is 8.28. The molecule has 2 N–H and O–H groups in total. The Morgan fingerprint density at radius 2 is 2.00 bits per heavy atom. The van der Waals surface area contributed by atoms with Crippen molar-refractivity contribution >= 4 is 5.95 Å². The summed E-state index contributed by atoms with van der Waals surface area (Å²) >= 11 is 0. The van der Waals surface area contributed by atoms with E-state index in [-0.39, 0.29) is 12.7 Å². The monoisotopic (exact) mass is 235 g/mol. The molecule has 2 heterocycles. The van der Waals surface area contributed by atoms with Crippen LogP contribution in [0.25, 0.3) is 0 Å². The van der Waals surface area contributed by atoms with Crippen molar-refractivity contribution in [3.63, 3.8) is 0 Å². The lowest BCUT2D eigenvalue weighted by Gasteiger charge is -2.18. The summed E-state index contributed by atoms with van der Waals surface area (Å²) in [4.78, 5) is 10.7. The first kappa shape index (κ1) is 10.9. The topological polar surface area (TPSA) is 69.5 Å². The number of anilines is 1. The molecule has 17 heavy (non-hydrogen) atoms. The molecule has 0 amide bonds. The van der Waals surface area contributed by atoms with E-state index in [4.69, 9.17) is 5.11 Å². The second-order valence-electron chi connectivity index (χ2n) is 5.02. The van der Waals surface area contributed by atoms with Gasteiger partial charge in [-0.1, -0.05) is 0 Å². The fraction of sp³-hybridized carbons (Fsp3) is 0.667. The summed E-state index contributed by atoms with van der Waals surface area (Å²) in [5, 5.41) is 18.8. The van der Waals surface area contributed by atoms with Gasteiger partial charge in [-0.05, 0) is 18.8 Å². The maximum absolute atomic E-state index is 9.85. The molecule has 1 aromatic heterocycles. The van der Waals surface area contributed by atoms with Gasteiger partial charge in [0.25, 0.3) is 0 Å². The third kappa shape index (κ3) is 1.89. The smallest absolute Gasteiger partial charge is 0.225 e. The van der Waals surface area contributed by atoms with Crippen molar-refractivity contribution < 1.29 is 10.2 Å². The van der Waals surface area contributed by atoms with Crippen LogP contribution in [0.4, 0.5) is 5.95 Å². The van der Waals surface area contributed by atoms with Crippen LogP contribution in [0.1, 0.15) is 18.4 Å². The van der Waals surface area contributed by atoms with Crippen LogP contribution >= 0.6 is 0 Å². The standard InChI is InChI=1S/C12H17N3O2/c16-7-8-3-13-12(14-4-8)15-5-9-1-2-11(17)10(9)6-15/h3-4,9-11,16-17H,1-2,5-7H2. The first-order valence-electron chi connectivity index (χ1n) is 6.12. The van der Waals surface area contributed by atoms with E-state index in [1.807, 2.05) is 0 Å². The highest BCUT2D eigenvalue weighted by Crippen LogP contribution is 2.38. The summed E-state index contributed by atoms with van der Waals surface area (Å²) in [7, 11) is 0. The Bertz CT molecular complexity index is 395. The van der Waals surface area contributed by atoms with Gasteiger partial charge in [-0.2, -0.15) is 0 Å². The molecule has 1 aliphatic heterocycles. The van der Waals surface area contributed by atoms with Crippen LogP contribution in [0, 0.1) is 11.8 Å². The molecule has 3 unspecified atom stereocenters. The molecular weight excluding hydrogens is 218 g/mol. The highest BCUT2D eigenvalue weighted by Gasteiger charge is 2.42. The van der Waals surface area contributed by atoms with Gasteiger partial charge in [0.2, 0.25) is 5.95 Å². The summed E-state index contributed by atoms with van der Waals surface area (Å²) in [6.45, 7) is 1.77. The minimum Gasteiger partial charge on any atom is -0.393 e. The largest absolute Gasteiger partial charge is 0.393 e. The number of aliphatic hydroxyl groups excluding tert-OH is 2. The second-order valence-corrected chi connectivity index (χ2v) is 5.02. The molecule has 1 aromatic rings. The van der Waals surface area contributed by atoms with E-state index < -0.39 is 0 Å². The minimum absolute atomic E-state index is 0.0236. The summed E-state index contributed by atoms with van der Waals surface area (Å²) in [5.41, 5.74) is 0.730. The van der Waals surface area contributed by atoms with Crippen molar-refractivity contribution in [3.8, 4) is 0 Å². The Kier molecular flexibility index (Phi) is 2.72. The van der Waals surface area contributed by atoms with Crippen LogP contribution in [0.3, 0.4) is 0 Å². The zero-order chi connectivity index (χ0) is 11.8. The highest BCUT2D eigenvalue weighted by molar-refractivity contribution is 5.33. The van der Waals surface area contributed by atoms with Gasteiger partial charge in [-0.25, -0.2) is 9.97 Å². The van der Waals surface area contributed by atoms with Crippen molar-refractivity contribution in [2.75, 3.05) is 18.0 Å². The molecule has 1 aliphatic carbocycles. The average molecular weight is 235 g/mol. The molecule has 2 aliphatic rings. The quantitative estimate of drug-likeness (QED) is 0.765. The number of aliphatic hydroxyl groups is 2. The Hall–Kier alpha value is -1.20. The number of hydrogen-bond acceptors (Lipinski definition) is 5. The van der Waals surface area contributed by atoms with E-state index in [1.54, 1.807) is 12.4 Å². The SMILES string of the molecule is OCc1cnc(N2CC3CCC(O)C3C2)nc1. The van der Waals surface area contributed by atoms with Crippen molar-refractivity contribution in [1.29, 1.82) is 0 Å². The van der Waals surface area contributed by atoms with Gasteiger partial charge < -0.3 is 15.1 Å².